The van der Waals surface area contributed by atoms with Crippen molar-refractivity contribution in [1.29, 1.82) is 0 Å². The number of carbonyl (C=O) groups is 1. The Morgan fingerprint density at radius 2 is 2.12 bits per heavy atom. The zero-order valence-corrected chi connectivity index (χ0v) is 3.97. The van der Waals surface area contributed by atoms with Gasteiger partial charge in [-0.05, 0) is 6.58 Å². The minimum absolute atomic E-state index is 0. The van der Waals surface area contributed by atoms with Crippen LogP contribution in [0.5, 0.6) is 0 Å². The van der Waals surface area contributed by atoms with E-state index < -0.39 is 5.97 Å². The van der Waals surface area contributed by atoms with Crippen LogP contribution in [-0.2, 0) is 9.53 Å². The molecule has 0 rings (SSSR count). The topological polar surface area (TPSA) is 46.5 Å². The normalized spacial score (nSPS) is 6.62. The van der Waals surface area contributed by atoms with Gasteiger partial charge in [0.05, 0.1) is 7.11 Å². The van der Waals surface area contributed by atoms with E-state index in [0.717, 1.165) is 0 Å². The molecule has 0 heterocycles. The van der Waals surface area contributed by atoms with Crippen LogP contribution in [0.4, 0.5) is 0 Å². The summed E-state index contributed by atoms with van der Waals surface area (Å²) >= 11 is 0. The second-order valence-corrected chi connectivity index (χ2v) is 0.932. The van der Waals surface area contributed by atoms with Crippen LogP contribution in [0.3, 0.4) is 0 Å². The third kappa shape index (κ3) is 3.21. The number of hydrogen-bond donors (Lipinski definition) is 1. The molecular weight excluding hydrogens is 108 g/mol. The van der Waals surface area contributed by atoms with E-state index >= 15 is 0 Å². The number of carboxylic acid groups (broad SMARTS) is 1. The predicted octanol–water partition coefficient (Wildman–Crippen LogP) is 0.867. The van der Waals surface area contributed by atoms with E-state index in [1.807, 2.05) is 0 Å². The highest BCUT2D eigenvalue weighted by molar-refractivity contribution is 5.83. The van der Waals surface area contributed by atoms with Gasteiger partial charge in [0, 0.05) is 0 Å². The van der Waals surface area contributed by atoms with E-state index in [0.29, 0.717) is 0 Å². The van der Waals surface area contributed by atoms with Crippen LogP contribution in [-0.4, -0.2) is 18.2 Å². The lowest BCUT2D eigenvalue weighted by Gasteiger charge is -1.92. The molecule has 8 heavy (non-hydrogen) atoms. The van der Waals surface area contributed by atoms with Crippen LogP contribution in [0.25, 0.3) is 0 Å². The summed E-state index contributed by atoms with van der Waals surface area (Å²) < 4.78 is 4.22. The van der Waals surface area contributed by atoms with E-state index in [9.17, 15) is 4.79 Å². The number of aliphatic carboxylic acids is 1. The van der Waals surface area contributed by atoms with Crippen LogP contribution < -0.4 is 0 Å². The molecule has 0 aliphatic rings. The largest absolute Gasteiger partial charge is 0.490 e. The average molecular weight is 118 g/mol. The van der Waals surface area contributed by atoms with Gasteiger partial charge in [0.2, 0.25) is 0 Å². The minimum Gasteiger partial charge on any atom is -0.490 e. The van der Waals surface area contributed by atoms with Crippen molar-refractivity contribution in [2.45, 2.75) is 7.43 Å². The van der Waals surface area contributed by atoms with Gasteiger partial charge in [-0.15, -0.1) is 0 Å². The molecule has 0 atom stereocenters. The summed E-state index contributed by atoms with van der Waals surface area (Å²) in [5.74, 6) is -1.36. The van der Waals surface area contributed by atoms with Crippen molar-refractivity contribution >= 4 is 5.97 Å². The Hall–Kier alpha value is -0.990. The van der Waals surface area contributed by atoms with Gasteiger partial charge in [-0.2, -0.15) is 0 Å². The Morgan fingerprint density at radius 1 is 1.75 bits per heavy atom. The highest BCUT2D eigenvalue weighted by atomic mass is 16.5. The second-order valence-electron chi connectivity index (χ2n) is 0.932. The van der Waals surface area contributed by atoms with Gasteiger partial charge >= 0.3 is 5.97 Å². The quantitative estimate of drug-likeness (QED) is 0.432. The molecule has 0 aromatic carbocycles. The van der Waals surface area contributed by atoms with Gasteiger partial charge in [-0.3, -0.25) is 0 Å². The zero-order valence-electron chi connectivity index (χ0n) is 3.97. The van der Waals surface area contributed by atoms with Crippen LogP contribution in [0, 0.1) is 0 Å². The number of rotatable bonds is 2. The maximum Gasteiger partial charge on any atom is 0.370 e. The summed E-state index contributed by atoms with van der Waals surface area (Å²) in [6, 6.07) is 0. The van der Waals surface area contributed by atoms with Crippen molar-refractivity contribution in [2.24, 2.45) is 0 Å². The molecule has 1 N–H and O–H groups in total. The van der Waals surface area contributed by atoms with Gasteiger partial charge in [-0.1, -0.05) is 7.43 Å². The molecular formula is C5H10O3. The van der Waals surface area contributed by atoms with Crippen molar-refractivity contribution in [2.75, 3.05) is 7.11 Å². The van der Waals surface area contributed by atoms with Crippen LogP contribution in [0.1, 0.15) is 7.43 Å². The summed E-state index contributed by atoms with van der Waals surface area (Å²) in [4.78, 5) is 9.71. The molecule has 0 radical (unpaired) electrons. The van der Waals surface area contributed by atoms with E-state index in [1.165, 1.54) is 7.11 Å². The SMILES string of the molecule is C.C=C(OC)C(=O)O. The van der Waals surface area contributed by atoms with E-state index in [-0.39, 0.29) is 13.2 Å². The summed E-state index contributed by atoms with van der Waals surface area (Å²) in [6.45, 7) is 3.05. The fourth-order valence-electron chi connectivity index (χ4n) is 0.0873. The molecule has 0 unspecified atom stereocenters. The average Bonchev–Trinajstić information content (AvgIpc) is 1.65. The van der Waals surface area contributed by atoms with Crippen LogP contribution >= 0.6 is 0 Å². The molecule has 0 fully saturated rings. The molecule has 0 saturated carbocycles. The van der Waals surface area contributed by atoms with Gasteiger partial charge in [0.15, 0.2) is 5.76 Å². The smallest absolute Gasteiger partial charge is 0.370 e. The zero-order chi connectivity index (χ0) is 5.86. The minimum atomic E-state index is -1.12. The summed E-state index contributed by atoms with van der Waals surface area (Å²) in [5.41, 5.74) is 0. The molecule has 0 aliphatic carbocycles. The molecule has 0 aromatic heterocycles. The fraction of sp³-hybridized carbons (Fsp3) is 0.400. The molecule has 3 heteroatoms. The fourth-order valence-corrected chi connectivity index (χ4v) is 0.0873. The molecule has 0 aromatic rings. The molecule has 0 amide bonds. The molecule has 3 nitrogen and oxygen atoms in total. The maximum atomic E-state index is 9.71. The van der Waals surface area contributed by atoms with Crippen molar-refractivity contribution in [1.82, 2.24) is 0 Å². The van der Waals surface area contributed by atoms with Crippen molar-refractivity contribution in [3.63, 3.8) is 0 Å². The standard InChI is InChI=1S/C4H6O3.CH4/c1-3(7-2)4(5)6;/h1H2,2H3,(H,5,6);1H4. The Labute approximate surface area is 48.6 Å². The first-order valence-corrected chi connectivity index (χ1v) is 1.64. The number of hydrogen-bond acceptors (Lipinski definition) is 2. The first-order valence-electron chi connectivity index (χ1n) is 1.64. The van der Waals surface area contributed by atoms with E-state index in [1.54, 1.807) is 0 Å². The first-order chi connectivity index (χ1) is 3.18. The van der Waals surface area contributed by atoms with Crippen molar-refractivity contribution < 1.29 is 14.6 Å². The van der Waals surface area contributed by atoms with Crippen molar-refractivity contribution in [3.8, 4) is 0 Å². The highest BCUT2D eigenvalue weighted by Gasteiger charge is 1.98. The Bertz CT molecular complexity index is 95.8. The third-order valence-electron chi connectivity index (χ3n) is 0.485. The molecule has 48 valence electrons. The Morgan fingerprint density at radius 3 is 2.12 bits per heavy atom. The monoisotopic (exact) mass is 118 g/mol. The van der Waals surface area contributed by atoms with E-state index in [4.69, 9.17) is 5.11 Å². The van der Waals surface area contributed by atoms with Crippen LogP contribution in [0.15, 0.2) is 12.3 Å². The number of methoxy groups -OCH3 is 1. The summed E-state index contributed by atoms with van der Waals surface area (Å²) in [7, 11) is 1.26. The number of ether oxygens (including phenoxy) is 1. The van der Waals surface area contributed by atoms with Gasteiger partial charge in [0.1, 0.15) is 0 Å². The Kier molecular flexibility index (Phi) is 5.27. The molecule has 0 saturated heterocycles. The second kappa shape index (κ2) is 4.18. The molecule has 0 bridgehead atoms. The molecule has 0 spiro atoms. The van der Waals surface area contributed by atoms with Crippen LogP contribution in [0.2, 0.25) is 0 Å². The molecule has 0 aliphatic heterocycles. The lowest BCUT2D eigenvalue weighted by Crippen LogP contribution is -1.99. The highest BCUT2D eigenvalue weighted by Crippen LogP contribution is 1.86. The van der Waals surface area contributed by atoms with Crippen molar-refractivity contribution in [3.05, 3.63) is 12.3 Å². The predicted molar refractivity (Wildman–Crippen MR) is 30.5 cm³/mol. The lowest BCUT2D eigenvalue weighted by molar-refractivity contribution is -0.136. The first kappa shape index (κ1) is 10.1. The number of carboxylic acids is 1. The lowest BCUT2D eigenvalue weighted by atomic mass is 10.6. The third-order valence-corrected chi connectivity index (χ3v) is 0.485. The van der Waals surface area contributed by atoms with E-state index in [2.05, 4.69) is 11.3 Å². The maximum absolute atomic E-state index is 9.71. The van der Waals surface area contributed by atoms with Gasteiger partial charge in [-0.25, -0.2) is 4.79 Å². The summed E-state index contributed by atoms with van der Waals surface area (Å²) in [5, 5.41) is 7.96. The van der Waals surface area contributed by atoms with Gasteiger partial charge < -0.3 is 9.84 Å². The summed E-state index contributed by atoms with van der Waals surface area (Å²) in [6.07, 6.45) is 0. The Balaban J connectivity index is 0. The van der Waals surface area contributed by atoms with Gasteiger partial charge in [0.25, 0.3) is 0 Å².